The van der Waals surface area contributed by atoms with Gasteiger partial charge in [-0.15, -0.1) is 11.3 Å². The Morgan fingerprint density at radius 1 is 1.30 bits per heavy atom. The first-order valence-electron chi connectivity index (χ1n) is 8.01. The number of aromatic nitrogens is 1. The number of amides is 1. The summed E-state index contributed by atoms with van der Waals surface area (Å²) in [6.07, 6.45) is 3.85. The van der Waals surface area contributed by atoms with E-state index in [-0.39, 0.29) is 11.9 Å². The molecule has 0 aliphatic rings. The lowest BCUT2D eigenvalue weighted by Crippen LogP contribution is -2.29. The quantitative estimate of drug-likeness (QED) is 0.700. The van der Waals surface area contributed by atoms with Crippen LogP contribution in [-0.2, 0) is 4.79 Å². The van der Waals surface area contributed by atoms with Crippen molar-refractivity contribution < 1.29 is 9.53 Å². The van der Waals surface area contributed by atoms with Crippen molar-refractivity contribution in [2.24, 2.45) is 5.92 Å². The molecule has 0 spiro atoms. The molecule has 124 valence electrons. The number of hydrogen-bond donors (Lipinski definition) is 1. The highest BCUT2D eigenvalue weighted by Gasteiger charge is 2.18. The molecule has 1 N–H and O–H groups in total. The molecule has 2 rings (SSSR count). The monoisotopic (exact) mass is 332 g/mol. The van der Waals surface area contributed by atoms with Crippen molar-refractivity contribution in [3.05, 3.63) is 46.9 Å². The Morgan fingerprint density at radius 2 is 2.09 bits per heavy atom. The Kier molecular flexibility index (Phi) is 7.07. The van der Waals surface area contributed by atoms with E-state index in [2.05, 4.69) is 24.1 Å². The molecule has 1 aromatic carbocycles. The van der Waals surface area contributed by atoms with E-state index in [9.17, 15) is 4.79 Å². The first-order valence-corrected chi connectivity index (χ1v) is 8.89. The maximum Gasteiger partial charge on any atom is 0.220 e. The fourth-order valence-electron chi connectivity index (χ4n) is 2.31. The van der Waals surface area contributed by atoms with Crippen LogP contribution in [0.25, 0.3) is 0 Å². The Morgan fingerprint density at radius 3 is 2.74 bits per heavy atom. The minimum atomic E-state index is 0.0116. The van der Waals surface area contributed by atoms with Gasteiger partial charge in [-0.3, -0.25) is 4.79 Å². The van der Waals surface area contributed by atoms with Crippen molar-refractivity contribution in [3.8, 4) is 5.75 Å². The van der Waals surface area contributed by atoms with Gasteiger partial charge in [-0.1, -0.05) is 32.0 Å². The van der Waals surface area contributed by atoms with Crippen LogP contribution in [-0.4, -0.2) is 17.5 Å². The van der Waals surface area contributed by atoms with Crippen LogP contribution in [0.1, 0.15) is 44.2 Å². The molecule has 0 aliphatic heterocycles. The predicted molar refractivity (Wildman–Crippen MR) is 93.6 cm³/mol. The first-order chi connectivity index (χ1) is 11.1. The normalized spacial score (nSPS) is 12.1. The van der Waals surface area contributed by atoms with Gasteiger partial charge in [-0.25, -0.2) is 4.98 Å². The number of benzene rings is 1. The second kappa shape index (κ2) is 9.30. The summed E-state index contributed by atoms with van der Waals surface area (Å²) in [6.45, 7) is 4.85. The van der Waals surface area contributed by atoms with Gasteiger partial charge in [-0.05, 0) is 30.9 Å². The van der Waals surface area contributed by atoms with E-state index in [4.69, 9.17) is 4.74 Å². The largest absolute Gasteiger partial charge is 0.494 e. The van der Waals surface area contributed by atoms with Crippen molar-refractivity contribution in [2.75, 3.05) is 6.61 Å². The van der Waals surface area contributed by atoms with Crippen LogP contribution in [0.5, 0.6) is 5.75 Å². The topological polar surface area (TPSA) is 51.2 Å². The summed E-state index contributed by atoms with van der Waals surface area (Å²) >= 11 is 1.59. The van der Waals surface area contributed by atoms with Crippen LogP contribution in [0.4, 0.5) is 0 Å². The van der Waals surface area contributed by atoms with Crippen molar-refractivity contribution in [1.29, 1.82) is 0 Å². The molecular formula is C18H24N2O2S. The third kappa shape index (κ3) is 6.40. The van der Waals surface area contributed by atoms with Crippen LogP contribution in [0.15, 0.2) is 41.9 Å². The molecule has 0 fully saturated rings. The zero-order valence-electron chi connectivity index (χ0n) is 13.7. The van der Waals surface area contributed by atoms with Crippen molar-refractivity contribution in [2.45, 2.75) is 39.2 Å². The minimum absolute atomic E-state index is 0.0116. The summed E-state index contributed by atoms with van der Waals surface area (Å²) in [5.74, 6) is 1.40. The van der Waals surface area contributed by atoms with Gasteiger partial charge in [0.1, 0.15) is 10.8 Å². The van der Waals surface area contributed by atoms with Crippen LogP contribution < -0.4 is 10.1 Å². The smallest absolute Gasteiger partial charge is 0.220 e. The van der Waals surface area contributed by atoms with Crippen LogP contribution >= 0.6 is 11.3 Å². The number of thiazole rings is 1. The number of rotatable bonds is 9. The molecule has 0 saturated heterocycles. The molecule has 1 unspecified atom stereocenters. The molecule has 1 atom stereocenters. The number of para-hydroxylation sites is 1. The van der Waals surface area contributed by atoms with Gasteiger partial charge in [-0.2, -0.15) is 0 Å². The molecule has 0 bridgehead atoms. The highest BCUT2D eigenvalue weighted by Crippen LogP contribution is 2.23. The number of ether oxygens (including phenoxy) is 1. The number of carbonyl (C=O) groups excluding carboxylic acids is 1. The van der Waals surface area contributed by atoms with Crippen molar-refractivity contribution >= 4 is 17.2 Å². The van der Waals surface area contributed by atoms with E-state index in [0.717, 1.165) is 17.2 Å². The van der Waals surface area contributed by atoms with Crippen LogP contribution in [0.2, 0.25) is 0 Å². The Balaban J connectivity index is 1.73. The van der Waals surface area contributed by atoms with E-state index in [1.807, 2.05) is 35.7 Å². The zero-order chi connectivity index (χ0) is 16.5. The molecular weight excluding hydrogens is 308 g/mol. The Hall–Kier alpha value is -1.88. The van der Waals surface area contributed by atoms with E-state index >= 15 is 0 Å². The van der Waals surface area contributed by atoms with Crippen molar-refractivity contribution in [1.82, 2.24) is 10.3 Å². The van der Waals surface area contributed by atoms with Crippen molar-refractivity contribution in [3.63, 3.8) is 0 Å². The molecule has 23 heavy (non-hydrogen) atoms. The summed E-state index contributed by atoms with van der Waals surface area (Å²) in [5, 5.41) is 6.03. The van der Waals surface area contributed by atoms with Gasteiger partial charge in [0, 0.05) is 18.0 Å². The lowest BCUT2D eigenvalue weighted by atomic mass is 10.0. The van der Waals surface area contributed by atoms with Crippen LogP contribution in [0.3, 0.4) is 0 Å². The molecule has 5 heteroatoms. The number of hydrogen-bond acceptors (Lipinski definition) is 4. The number of nitrogens with one attached hydrogen (secondary N) is 1. The summed E-state index contributed by atoms with van der Waals surface area (Å²) in [4.78, 5) is 16.5. The number of nitrogens with zero attached hydrogens (tertiary/aromatic N) is 1. The fraction of sp³-hybridized carbons (Fsp3) is 0.444. The molecule has 0 aliphatic carbocycles. The van der Waals surface area contributed by atoms with Gasteiger partial charge >= 0.3 is 0 Å². The summed E-state index contributed by atoms with van der Waals surface area (Å²) in [5.41, 5.74) is 0. The summed E-state index contributed by atoms with van der Waals surface area (Å²) < 4.78 is 5.61. The molecule has 4 nitrogen and oxygen atoms in total. The molecule has 1 heterocycles. The molecule has 1 aromatic heterocycles. The van der Waals surface area contributed by atoms with Gasteiger partial charge in [0.25, 0.3) is 0 Å². The standard InChI is InChI=1S/C18H24N2O2S/c1-14(2)13-16(18-19-10-12-23-18)20-17(21)9-6-11-22-15-7-4-3-5-8-15/h3-5,7-8,10,12,14,16H,6,9,11,13H2,1-2H3,(H,20,21). The van der Waals surface area contributed by atoms with Gasteiger partial charge in [0.05, 0.1) is 12.6 Å². The van der Waals surface area contributed by atoms with Gasteiger partial charge in [0.15, 0.2) is 0 Å². The third-order valence-corrected chi connectivity index (χ3v) is 4.24. The second-order valence-electron chi connectivity index (χ2n) is 5.89. The Bertz CT molecular complexity index is 570. The predicted octanol–water partition coefficient (Wildman–Crippen LogP) is 4.21. The van der Waals surface area contributed by atoms with E-state index in [0.29, 0.717) is 25.4 Å². The number of carbonyl (C=O) groups is 1. The average Bonchev–Trinajstić information content (AvgIpc) is 3.06. The second-order valence-corrected chi connectivity index (χ2v) is 6.81. The first kappa shape index (κ1) is 17.5. The van der Waals surface area contributed by atoms with Gasteiger partial charge in [0.2, 0.25) is 5.91 Å². The van der Waals surface area contributed by atoms with Gasteiger partial charge < -0.3 is 10.1 Å². The fourth-order valence-corrected chi connectivity index (χ4v) is 3.01. The van der Waals surface area contributed by atoms with E-state index in [1.54, 1.807) is 17.5 Å². The molecule has 1 amide bonds. The van der Waals surface area contributed by atoms with E-state index < -0.39 is 0 Å². The molecule has 0 radical (unpaired) electrons. The highest BCUT2D eigenvalue weighted by molar-refractivity contribution is 7.09. The molecule has 2 aromatic rings. The summed E-state index contributed by atoms with van der Waals surface area (Å²) in [7, 11) is 0. The SMILES string of the molecule is CC(C)CC(NC(=O)CCCOc1ccccc1)c1nccs1. The highest BCUT2D eigenvalue weighted by atomic mass is 32.1. The lowest BCUT2D eigenvalue weighted by molar-refractivity contribution is -0.122. The maximum absolute atomic E-state index is 12.2. The maximum atomic E-state index is 12.2. The third-order valence-electron chi connectivity index (χ3n) is 3.35. The van der Waals surface area contributed by atoms with E-state index in [1.165, 1.54) is 0 Å². The zero-order valence-corrected chi connectivity index (χ0v) is 14.5. The molecule has 0 saturated carbocycles. The summed E-state index contributed by atoms with van der Waals surface area (Å²) in [6, 6.07) is 9.67. The average molecular weight is 332 g/mol. The lowest BCUT2D eigenvalue weighted by Gasteiger charge is -2.18. The Labute approximate surface area is 141 Å². The minimum Gasteiger partial charge on any atom is -0.494 e. The van der Waals surface area contributed by atoms with Crippen LogP contribution in [0, 0.1) is 5.92 Å².